The Morgan fingerprint density at radius 2 is 1.69 bits per heavy atom. The summed E-state index contributed by atoms with van der Waals surface area (Å²) in [6.45, 7) is 4.11. The third-order valence-corrected chi connectivity index (χ3v) is 5.50. The fraction of sp³-hybridized carbons (Fsp3) is 0.304. The van der Waals surface area contributed by atoms with Gasteiger partial charge in [-0.25, -0.2) is 4.98 Å². The predicted octanol–water partition coefficient (Wildman–Crippen LogP) is 2.90. The smallest absolute Gasteiger partial charge is 0.227 e. The molecule has 1 saturated heterocycles. The zero-order valence-corrected chi connectivity index (χ0v) is 16.2. The number of fused-ring (bicyclic) bond motifs is 2. The van der Waals surface area contributed by atoms with Gasteiger partial charge in [-0.2, -0.15) is 0 Å². The van der Waals surface area contributed by atoms with Crippen LogP contribution in [0.1, 0.15) is 5.56 Å². The highest BCUT2D eigenvalue weighted by Gasteiger charge is 2.23. The maximum Gasteiger partial charge on any atom is 0.227 e. The predicted molar refractivity (Wildman–Crippen MR) is 112 cm³/mol. The van der Waals surface area contributed by atoms with E-state index in [9.17, 15) is 4.79 Å². The molecule has 2 aromatic carbocycles. The summed E-state index contributed by atoms with van der Waals surface area (Å²) in [6.07, 6.45) is 0.380. The van der Waals surface area contributed by atoms with Crippen LogP contribution in [0, 0.1) is 0 Å². The molecule has 0 spiro atoms. The molecule has 6 nitrogen and oxygen atoms in total. The van der Waals surface area contributed by atoms with Gasteiger partial charge >= 0.3 is 0 Å². The van der Waals surface area contributed by atoms with Crippen LogP contribution in [-0.4, -0.2) is 55.2 Å². The summed E-state index contributed by atoms with van der Waals surface area (Å²) in [5.41, 5.74) is 1.96. The minimum atomic E-state index is 0.146. The highest BCUT2D eigenvalue weighted by Crippen LogP contribution is 2.31. The molecule has 3 aromatic rings. The van der Waals surface area contributed by atoms with Crippen LogP contribution in [0.3, 0.4) is 0 Å². The molecule has 5 rings (SSSR count). The van der Waals surface area contributed by atoms with E-state index in [0.717, 1.165) is 46.9 Å². The first-order valence-electron chi connectivity index (χ1n) is 10.0. The number of piperazine rings is 1. The van der Waals surface area contributed by atoms with Gasteiger partial charge in [0.05, 0.1) is 11.9 Å². The molecule has 2 aliphatic heterocycles. The molecule has 0 bridgehead atoms. The fourth-order valence-corrected chi connectivity index (χ4v) is 3.90. The van der Waals surface area contributed by atoms with Crippen LogP contribution in [0.2, 0.25) is 0 Å². The summed E-state index contributed by atoms with van der Waals surface area (Å²) in [4.78, 5) is 21.7. The summed E-state index contributed by atoms with van der Waals surface area (Å²) in [5, 5.41) is 1.14. The van der Waals surface area contributed by atoms with Gasteiger partial charge in [-0.1, -0.05) is 24.3 Å². The van der Waals surface area contributed by atoms with Crippen molar-refractivity contribution >= 4 is 22.6 Å². The number of benzene rings is 2. The summed E-state index contributed by atoms with van der Waals surface area (Å²) < 4.78 is 11.2. The van der Waals surface area contributed by atoms with E-state index in [4.69, 9.17) is 14.5 Å². The lowest BCUT2D eigenvalue weighted by molar-refractivity contribution is -0.130. The van der Waals surface area contributed by atoms with Crippen LogP contribution < -0.4 is 14.4 Å². The average Bonchev–Trinajstić information content (AvgIpc) is 2.79. The molecular formula is C23H23N3O3. The van der Waals surface area contributed by atoms with Crippen molar-refractivity contribution in [1.82, 2.24) is 9.88 Å². The summed E-state index contributed by atoms with van der Waals surface area (Å²) >= 11 is 0. The van der Waals surface area contributed by atoms with Gasteiger partial charge in [0, 0.05) is 31.6 Å². The van der Waals surface area contributed by atoms with Gasteiger partial charge in [-0.05, 0) is 35.9 Å². The van der Waals surface area contributed by atoms with Crippen LogP contribution in [0.4, 0.5) is 5.82 Å². The number of nitrogens with zero attached hydrogens (tertiary/aromatic N) is 3. The molecule has 1 aromatic heterocycles. The highest BCUT2D eigenvalue weighted by molar-refractivity contribution is 5.81. The van der Waals surface area contributed by atoms with Crippen LogP contribution >= 0.6 is 0 Å². The molecule has 0 N–H and O–H groups in total. The van der Waals surface area contributed by atoms with E-state index >= 15 is 0 Å². The van der Waals surface area contributed by atoms with E-state index in [0.29, 0.717) is 32.7 Å². The Labute approximate surface area is 169 Å². The fourth-order valence-electron chi connectivity index (χ4n) is 3.90. The Balaban J connectivity index is 1.21. The molecule has 0 unspecified atom stereocenters. The topological polar surface area (TPSA) is 54.9 Å². The Bertz CT molecular complexity index is 1040. The molecule has 1 amide bonds. The average molecular weight is 389 g/mol. The summed E-state index contributed by atoms with van der Waals surface area (Å²) in [6, 6.07) is 18.1. The van der Waals surface area contributed by atoms with E-state index in [1.165, 1.54) is 0 Å². The third-order valence-electron chi connectivity index (χ3n) is 5.50. The Hall–Kier alpha value is -3.28. The first-order valence-corrected chi connectivity index (χ1v) is 10.0. The van der Waals surface area contributed by atoms with Gasteiger partial charge in [-0.15, -0.1) is 0 Å². The number of anilines is 1. The summed E-state index contributed by atoms with van der Waals surface area (Å²) in [5.74, 6) is 2.60. The van der Waals surface area contributed by atoms with Crippen LogP contribution in [0.5, 0.6) is 11.5 Å². The normalized spacial score (nSPS) is 16.1. The van der Waals surface area contributed by atoms with Gasteiger partial charge in [-0.3, -0.25) is 4.79 Å². The third kappa shape index (κ3) is 3.70. The number of carbonyl (C=O) groups excluding carboxylic acids is 1. The number of hydrogen-bond donors (Lipinski definition) is 0. The first kappa shape index (κ1) is 17.8. The van der Waals surface area contributed by atoms with Gasteiger partial charge in [0.2, 0.25) is 5.91 Å². The van der Waals surface area contributed by atoms with Crippen LogP contribution in [-0.2, 0) is 11.2 Å². The van der Waals surface area contributed by atoms with Gasteiger partial charge in [0.25, 0.3) is 0 Å². The van der Waals surface area contributed by atoms with Gasteiger partial charge < -0.3 is 19.3 Å². The molecule has 29 heavy (non-hydrogen) atoms. The van der Waals surface area contributed by atoms with Crippen LogP contribution in [0.25, 0.3) is 10.9 Å². The van der Waals surface area contributed by atoms with Crippen molar-refractivity contribution in [2.75, 3.05) is 44.3 Å². The quantitative estimate of drug-likeness (QED) is 0.690. The number of rotatable bonds is 3. The molecule has 0 atom stereocenters. The minimum Gasteiger partial charge on any atom is -0.486 e. The molecule has 0 aliphatic carbocycles. The minimum absolute atomic E-state index is 0.146. The maximum atomic E-state index is 12.8. The largest absolute Gasteiger partial charge is 0.486 e. The van der Waals surface area contributed by atoms with Crippen molar-refractivity contribution in [2.45, 2.75) is 6.42 Å². The van der Waals surface area contributed by atoms with Crippen molar-refractivity contribution in [3.63, 3.8) is 0 Å². The SMILES string of the molecule is O=C(Cc1ccc2c(c1)OCCO2)N1CCN(c2ccc3ccccc3n2)CC1. The van der Waals surface area contributed by atoms with Crippen molar-refractivity contribution < 1.29 is 14.3 Å². The van der Waals surface area contributed by atoms with E-state index in [2.05, 4.69) is 23.1 Å². The number of ether oxygens (including phenoxy) is 2. The monoisotopic (exact) mass is 389 g/mol. The lowest BCUT2D eigenvalue weighted by atomic mass is 10.1. The van der Waals surface area contributed by atoms with Gasteiger partial charge in [0.1, 0.15) is 19.0 Å². The number of pyridine rings is 1. The molecule has 3 heterocycles. The van der Waals surface area contributed by atoms with Gasteiger partial charge in [0.15, 0.2) is 11.5 Å². The van der Waals surface area contributed by atoms with Crippen molar-refractivity contribution in [1.29, 1.82) is 0 Å². The molecule has 6 heteroatoms. The molecule has 148 valence electrons. The molecular weight excluding hydrogens is 366 g/mol. The van der Waals surface area contributed by atoms with Crippen molar-refractivity contribution in [3.8, 4) is 11.5 Å². The number of aromatic nitrogens is 1. The number of para-hydroxylation sites is 1. The first-order chi connectivity index (χ1) is 14.3. The van der Waals surface area contributed by atoms with E-state index in [1.54, 1.807) is 0 Å². The van der Waals surface area contributed by atoms with E-state index < -0.39 is 0 Å². The highest BCUT2D eigenvalue weighted by atomic mass is 16.6. The number of amides is 1. The Morgan fingerprint density at radius 1 is 0.897 bits per heavy atom. The number of carbonyl (C=O) groups is 1. The Kier molecular flexibility index (Phi) is 4.68. The molecule has 2 aliphatic rings. The van der Waals surface area contributed by atoms with E-state index in [-0.39, 0.29) is 5.91 Å². The summed E-state index contributed by atoms with van der Waals surface area (Å²) in [7, 11) is 0. The zero-order chi connectivity index (χ0) is 19.6. The Morgan fingerprint density at radius 3 is 2.55 bits per heavy atom. The lowest BCUT2D eigenvalue weighted by Crippen LogP contribution is -2.49. The molecule has 1 fully saturated rings. The molecule has 0 saturated carbocycles. The van der Waals surface area contributed by atoms with Crippen molar-refractivity contribution in [3.05, 3.63) is 60.2 Å². The zero-order valence-electron chi connectivity index (χ0n) is 16.2. The van der Waals surface area contributed by atoms with Crippen LogP contribution in [0.15, 0.2) is 54.6 Å². The second-order valence-corrected chi connectivity index (χ2v) is 7.38. The standard InChI is InChI=1S/C23H23N3O3/c27-23(16-17-5-7-20-21(15-17)29-14-13-28-20)26-11-9-25(10-12-26)22-8-6-18-3-1-2-4-19(18)24-22/h1-8,15H,9-14,16H2. The molecule has 0 radical (unpaired) electrons. The lowest BCUT2D eigenvalue weighted by Gasteiger charge is -2.35. The number of hydrogen-bond acceptors (Lipinski definition) is 5. The second-order valence-electron chi connectivity index (χ2n) is 7.38. The second kappa shape index (κ2) is 7.62. The maximum absolute atomic E-state index is 12.8. The van der Waals surface area contributed by atoms with E-state index in [1.807, 2.05) is 41.3 Å². The van der Waals surface area contributed by atoms with Crippen molar-refractivity contribution in [2.24, 2.45) is 0 Å².